The number of benzene rings is 2. The summed E-state index contributed by atoms with van der Waals surface area (Å²) in [5.74, 6) is 0.401. The van der Waals surface area contributed by atoms with Crippen molar-refractivity contribution < 1.29 is 8.42 Å². The Labute approximate surface area is 143 Å². The first kappa shape index (κ1) is 16.7. The van der Waals surface area contributed by atoms with E-state index in [1.165, 1.54) is 6.07 Å². The zero-order valence-corrected chi connectivity index (χ0v) is 14.4. The molecule has 0 N–H and O–H groups in total. The number of hydrogen-bond acceptors (Lipinski definition) is 3. The molecule has 0 unspecified atom stereocenters. The average molecular weight is 340 g/mol. The Morgan fingerprint density at radius 2 is 1.75 bits per heavy atom. The average Bonchev–Trinajstić information content (AvgIpc) is 3.45. The van der Waals surface area contributed by atoms with E-state index in [9.17, 15) is 13.7 Å². The Balaban J connectivity index is 2.02. The van der Waals surface area contributed by atoms with Gasteiger partial charge >= 0.3 is 0 Å². The summed E-state index contributed by atoms with van der Waals surface area (Å²) < 4.78 is 28.1. The first-order valence-corrected chi connectivity index (χ1v) is 9.53. The molecule has 1 fully saturated rings. The highest BCUT2D eigenvalue weighted by Crippen LogP contribution is 2.38. The molecule has 1 atom stereocenters. The van der Waals surface area contributed by atoms with E-state index in [-0.39, 0.29) is 16.5 Å². The molecule has 1 aliphatic rings. The number of nitriles is 1. The van der Waals surface area contributed by atoms with Crippen molar-refractivity contribution in [2.24, 2.45) is 5.92 Å². The maximum atomic E-state index is 13.3. The van der Waals surface area contributed by atoms with Crippen molar-refractivity contribution in [2.75, 3.05) is 0 Å². The predicted octanol–water partition coefficient (Wildman–Crippen LogP) is 3.55. The quantitative estimate of drug-likeness (QED) is 0.808. The normalized spacial score (nSPS) is 15.9. The summed E-state index contributed by atoms with van der Waals surface area (Å²) in [6, 6.07) is 17.9. The maximum absolute atomic E-state index is 13.3. The van der Waals surface area contributed by atoms with Gasteiger partial charge in [0.1, 0.15) is 6.07 Å². The van der Waals surface area contributed by atoms with Crippen LogP contribution in [0.5, 0.6) is 0 Å². The van der Waals surface area contributed by atoms with Crippen molar-refractivity contribution in [1.82, 2.24) is 4.31 Å². The minimum Gasteiger partial charge on any atom is -0.207 e. The van der Waals surface area contributed by atoms with Gasteiger partial charge in [0, 0.05) is 12.6 Å². The van der Waals surface area contributed by atoms with Crippen LogP contribution in [0.4, 0.5) is 0 Å². The van der Waals surface area contributed by atoms with Gasteiger partial charge in [-0.05, 0) is 43.4 Å². The molecule has 0 bridgehead atoms. The van der Waals surface area contributed by atoms with Gasteiger partial charge in [-0.3, -0.25) is 0 Å². The molecule has 2 aromatic rings. The smallest absolute Gasteiger partial charge is 0.207 e. The SMILES string of the molecule is C[C@H](C1CC1)N(Cc1ccccc1)S(=O)(=O)c1ccccc1C#N. The van der Waals surface area contributed by atoms with Crippen LogP contribution in [-0.4, -0.2) is 18.8 Å². The molecule has 3 rings (SSSR count). The van der Waals surface area contributed by atoms with E-state index in [0.717, 1.165) is 18.4 Å². The van der Waals surface area contributed by atoms with Crippen molar-refractivity contribution in [3.8, 4) is 6.07 Å². The van der Waals surface area contributed by atoms with Crippen LogP contribution >= 0.6 is 0 Å². The molecule has 1 saturated carbocycles. The van der Waals surface area contributed by atoms with Gasteiger partial charge in [0.25, 0.3) is 0 Å². The first-order valence-electron chi connectivity index (χ1n) is 8.09. The summed E-state index contributed by atoms with van der Waals surface area (Å²) in [4.78, 5) is 0.0935. The Bertz CT molecular complexity index is 852. The van der Waals surface area contributed by atoms with Crippen LogP contribution < -0.4 is 0 Å². The van der Waals surface area contributed by atoms with Gasteiger partial charge in [0.2, 0.25) is 10.0 Å². The fourth-order valence-corrected chi connectivity index (χ4v) is 4.76. The van der Waals surface area contributed by atoms with Crippen LogP contribution in [0.25, 0.3) is 0 Å². The third-order valence-corrected chi connectivity index (χ3v) is 6.52. The van der Waals surface area contributed by atoms with E-state index in [4.69, 9.17) is 0 Å². The van der Waals surface area contributed by atoms with E-state index in [0.29, 0.717) is 12.5 Å². The number of nitrogens with zero attached hydrogens (tertiary/aromatic N) is 2. The summed E-state index contributed by atoms with van der Waals surface area (Å²) in [5.41, 5.74) is 1.14. The summed E-state index contributed by atoms with van der Waals surface area (Å²) >= 11 is 0. The molecule has 24 heavy (non-hydrogen) atoms. The summed E-state index contributed by atoms with van der Waals surface area (Å²) in [6.45, 7) is 2.29. The molecule has 1 aliphatic carbocycles. The van der Waals surface area contributed by atoms with Crippen LogP contribution in [0.3, 0.4) is 0 Å². The molecule has 0 radical (unpaired) electrons. The second kappa shape index (κ2) is 6.76. The van der Waals surface area contributed by atoms with Gasteiger partial charge in [-0.2, -0.15) is 9.57 Å². The van der Waals surface area contributed by atoms with Crippen LogP contribution in [0.15, 0.2) is 59.5 Å². The van der Waals surface area contributed by atoms with Crippen molar-refractivity contribution >= 4 is 10.0 Å². The van der Waals surface area contributed by atoms with E-state index >= 15 is 0 Å². The third kappa shape index (κ3) is 3.35. The molecule has 0 aliphatic heterocycles. The molecule has 124 valence electrons. The molecule has 0 heterocycles. The van der Waals surface area contributed by atoms with Crippen LogP contribution in [0.2, 0.25) is 0 Å². The summed E-state index contributed by atoms with van der Waals surface area (Å²) in [5, 5.41) is 9.28. The van der Waals surface area contributed by atoms with Crippen molar-refractivity contribution in [3.63, 3.8) is 0 Å². The van der Waals surface area contributed by atoms with Gasteiger partial charge in [0.15, 0.2) is 0 Å². The van der Waals surface area contributed by atoms with Crippen LogP contribution in [0, 0.1) is 17.2 Å². The minimum atomic E-state index is -3.74. The molecule has 0 spiro atoms. The second-order valence-corrected chi connectivity index (χ2v) is 8.08. The van der Waals surface area contributed by atoms with Gasteiger partial charge in [-0.25, -0.2) is 8.42 Å². The first-order chi connectivity index (χ1) is 11.5. The lowest BCUT2D eigenvalue weighted by Gasteiger charge is -2.29. The molecular formula is C19H20N2O2S. The van der Waals surface area contributed by atoms with Gasteiger partial charge < -0.3 is 0 Å². The predicted molar refractivity (Wildman–Crippen MR) is 92.5 cm³/mol. The number of sulfonamides is 1. The van der Waals surface area contributed by atoms with E-state index in [2.05, 4.69) is 0 Å². The third-order valence-electron chi connectivity index (χ3n) is 4.53. The molecular weight excluding hydrogens is 320 g/mol. The zero-order valence-electron chi connectivity index (χ0n) is 13.6. The minimum absolute atomic E-state index is 0.0815. The monoisotopic (exact) mass is 340 g/mol. The van der Waals surface area contributed by atoms with Gasteiger partial charge in [0.05, 0.1) is 10.5 Å². The Hall–Kier alpha value is -2.16. The van der Waals surface area contributed by atoms with Crippen LogP contribution in [0.1, 0.15) is 30.9 Å². The molecule has 0 saturated heterocycles. The fraction of sp³-hybridized carbons (Fsp3) is 0.316. The van der Waals surface area contributed by atoms with E-state index < -0.39 is 10.0 Å². The Morgan fingerprint density at radius 3 is 2.38 bits per heavy atom. The van der Waals surface area contributed by atoms with Gasteiger partial charge in [-0.1, -0.05) is 42.5 Å². The van der Waals surface area contributed by atoms with Gasteiger partial charge in [-0.15, -0.1) is 0 Å². The number of hydrogen-bond donors (Lipinski definition) is 0. The fourth-order valence-electron chi connectivity index (χ4n) is 2.94. The van der Waals surface area contributed by atoms with Crippen molar-refractivity contribution in [3.05, 3.63) is 65.7 Å². The molecule has 2 aromatic carbocycles. The van der Waals surface area contributed by atoms with Crippen molar-refractivity contribution in [1.29, 1.82) is 5.26 Å². The highest BCUT2D eigenvalue weighted by Gasteiger charge is 2.39. The molecule has 0 aromatic heterocycles. The highest BCUT2D eigenvalue weighted by molar-refractivity contribution is 7.89. The summed E-state index contributed by atoms with van der Waals surface area (Å²) in [6.07, 6.45) is 2.11. The standard InChI is InChI=1S/C19H20N2O2S/c1-15(17-11-12-17)21(14-16-7-3-2-4-8-16)24(22,23)19-10-6-5-9-18(19)13-20/h2-10,15,17H,11-12,14H2,1H3/t15-/m1/s1. The largest absolute Gasteiger partial charge is 0.244 e. The second-order valence-electron chi connectivity index (χ2n) is 6.22. The number of rotatable bonds is 6. The zero-order chi connectivity index (χ0) is 17.2. The molecule has 4 nitrogen and oxygen atoms in total. The van der Waals surface area contributed by atoms with E-state index in [1.54, 1.807) is 22.5 Å². The van der Waals surface area contributed by atoms with E-state index in [1.807, 2.05) is 43.3 Å². The lowest BCUT2D eigenvalue weighted by Crippen LogP contribution is -2.39. The van der Waals surface area contributed by atoms with Crippen LogP contribution in [-0.2, 0) is 16.6 Å². The summed E-state index contributed by atoms with van der Waals surface area (Å²) in [7, 11) is -3.74. The molecule has 5 heteroatoms. The Kier molecular flexibility index (Phi) is 4.70. The topological polar surface area (TPSA) is 61.2 Å². The highest BCUT2D eigenvalue weighted by atomic mass is 32.2. The lowest BCUT2D eigenvalue weighted by molar-refractivity contribution is 0.303. The maximum Gasteiger partial charge on any atom is 0.244 e. The Morgan fingerprint density at radius 1 is 1.12 bits per heavy atom. The lowest BCUT2D eigenvalue weighted by atomic mass is 10.2. The molecule has 0 amide bonds. The van der Waals surface area contributed by atoms with Crippen molar-refractivity contribution in [2.45, 2.75) is 37.2 Å².